The molecule has 1 aliphatic heterocycles. The lowest BCUT2D eigenvalue weighted by molar-refractivity contribution is -0.134. The van der Waals surface area contributed by atoms with Crippen LogP contribution in [0.3, 0.4) is 0 Å². The van der Waals surface area contributed by atoms with Crippen molar-refractivity contribution >= 4 is 39.1 Å². The summed E-state index contributed by atoms with van der Waals surface area (Å²) in [5.41, 5.74) is 3.61. The molecular formula is C18H17BrN2O2. The fraction of sp³-hybridized carbons (Fsp3) is 0.222. The van der Waals surface area contributed by atoms with Crippen LogP contribution in [0, 0.1) is 6.92 Å². The van der Waals surface area contributed by atoms with Gasteiger partial charge in [0, 0.05) is 16.7 Å². The average Bonchev–Trinajstić information content (AvgIpc) is 2.56. The van der Waals surface area contributed by atoms with Crippen molar-refractivity contribution < 1.29 is 9.59 Å². The van der Waals surface area contributed by atoms with Crippen LogP contribution in [-0.4, -0.2) is 18.4 Å². The Kier molecular flexibility index (Phi) is 4.48. The van der Waals surface area contributed by atoms with Crippen LogP contribution in [0.1, 0.15) is 17.5 Å². The van der Waals surface area contributed by atoms with E-state index >= 15 is 0 Å². The van der Waals surface area contributed by atoms with E-state index < -0.39 is 11.8 Å². The maximum Gasteiger partial charge on any atom is 0.316 e. The molecule has 2 amide bonds. The van der Waals surface area contributed by atoms with Crippen molar-refractivity contribution in [1.82, 2.24) is 0 Å². The van der Waals surface area contributed by atoms with Crippen LogP contribution in [0.2, 0.25) is 0 Å². The maximum atomic E-state index is 12.5. The van der Waals surface area contributed by atoms with E-state index in [9.17, 15) is 9.59 Å². The lowest BCUT2D eigenvalue weighted by Gasteiger charge is -2.28. The lowest BCUT2D eigenvalue weighted by atomic mass is 10.0. The molecule has 2 aromatic rings. The molecule has 0 unspecified atom stereocenters. The van der Waals surface area contributed by atoms with Crippen molar-refractivity contribution in [3.63, 3.8) is 0 Å². The Hall–Kier alpha value is -2.14. The molecule has 0 fully saturated rings. The largest absolute Gasteiger partial charge is 0.317 e. The Morgan fingerprint density at radius 1 is 1.17 bits per heavy atom. The molecule has 0 saturated heterocycles. The monoisotopic (exact) mass is 372 g/mol. The molecule has 0 aromatic heterocycles. The fourth-order valence-corrected chi connectivity index (χ4v) is 3.36. The van der Waals surface area contributed by atoms with Crippen LogP contribution >= 0.6 is 15.9 Å². The number of amides is 2. The van der Waals surface area contributed by atoms with Gasteiger partial charge in [0.05, 0.1) is 5.69 Å². The summed E-state index contributed by atoms with van der Waals surface area (Å²) >= 11 is 3.41. The number of carbonyl (C=O) groups is 2. The van der Waals surface area contributed by atoms with Gasteiger partial charge < -0.3 is 10.2 Å². The van der Waals surface area contributed by atoms with Gasteiger partial charge in [-0.1, -0.05) is 24.3 Å². The SMILES string of the molecule is Cc1ccc(NC(=O)C(=O)N2CCCc3ccccc32)c(Br)c1. The van der Waals surface area contributed by atoms with Gasteiger partial charge in [-0.05, 0) is 65.0 Å². The molecule has 1 aliphatic rings. The van der Waals surface area contributed by atoms with Crippen LogP contribution in [0.15, 0.2) is 46.9 Å². The second kappa shape index (κ2) is 6.54. The molecule has 0 spiro atoms. The van der Waals surface area contributed by atoms with Crippen LogP contribution in [0.25, 0.3) is 0 Å². The summed E-state index contributed by atoms with van der Waals surface area (Å²) in [5, 5.41) is 2.69. The third-order valence-corrected chi connectivity index (χ3v) is 4.58. The number of carbonyl (C=O) groups excluding carboxylic acids is 2. The molecule has 0 radical (unpaired) electrons. The standard InChI is InChI=1S/C18H17BrN2O2/c1-12-8-9-15(14(19)11-12)20-17(22)18(23)21-10-4-6-13-5-2-3-7-16(13)21/h2-3,5,7-9,11H,4,6,10H2,1H3,(H,20,22). The number of hydrogen-bond donors (Lipinski definition) is 1. The molecule has 1 heterocycles. The van der Waals surface area contributed by atoms with Crippen LogP contribution in [0.4, 0.5) is 11.4 Å². The van der Waals surface area contributed by atoms with Gasteiger partial charge in [0.1, 0.15) is 0 Å². The number of benzene rings is 2. The normalized spacial score (nSPS) is 13.4. The Balaban J connectivity index is 1.80. The highest BCUT2D eigenvalue weighted by atomic mass is 79.9. The molecule has 2 aromatic carbocycles. The molecule has 4 nitrogen and oxygen atoms in total. The number of nitrogens with one attached hydrogen (secondary N) is 1. The Bertz CT molecular complexity index is 773. The molecule has 5 heteroatoms. The minimum Gasteiger partial charge on any atom is -0.317 e. The number of fused-ring (bicyclic) bond motifs is 1. The third kappa shape index (κ3) is 3.29. The zero-order valence-electron chi connectivity index (χ0n) is 12.8. The van der Waals surface area contributed by atoms with Crippen molar-refractivity contribution in [2.75, 3.05) is 16.8 Å². The summed E-state index contributed by atoms with van der Waals surface area (Å²) in [7, 11) is 0. The predicted molar refractivity (Wildman–Crippen MR) is 94.6 cm³/mol. The lowest BCUT2D eigenvalue weighted by Crippen LogP contribution is -2.42. The van der Waals surface area contributed by atoms with Crippen molar-refractivity contribution in [2.45, 2.75) is 19.8 Å². The molecule has 118 valence electrons. The zero-order valence-corrected chi connectivity index (χ0v) is 14.4. The summed E-state index contributed by atoms with van der Waals surface area (Å²) in [6.45, 7) is 2.53. The van der Waals surface area contributed by atoms with E-state index in [1.165, 1.54) is 0 Å². The highest BCUT2D eigenvalue weighted by Crippen LogP contribution is 2.27. The average molecular weight is 373 g/mol. The van der Waals surface area contributed by atoms with Gasteiger partial charge in [-0.3, -0.25) is 9.59 Å². The first kappa shape index (κ1) is 15.7. The van der Waals surface area contributed by atoms with Gasteiger partial charge >= 0.3 is 11.8 Å². The Morgan fingerprint density at radius 3 is 2.74 bits per heavy atom. The molecule has 0 aliphatic carbocycles. The summed E-state index contributed by atoms with van der Waals surface area (Å²) in [4.78, 5) is 26.4. The first-order valence-electron chi connectivity index (χ1n) is 7.53. The summed E-state index contributed by atoms with van der Waals surface area (Å²) in [6.07, 6.45) is 1.80. The Morgan fingerprint density at radius 2 is 1.96 bits per heavy atom. The number of anilines is 2. The number of para-hydroxylation sites is 1. The molecule has 23 heavy (non-hydrogen) atoms. The molecule has 3 rings (SSSR count). The van der Waals surface area contributed by atoms with E-state index in [4.69, 9.17) is 0 Å². The second-order valence-corrected chi connectivity index (χ2v) is 6.48. The number of aryl methyl sites for hydroxylation is 2. The van der Waals surface area contributed by atoms with E-state index in [2.05, 4.69) is 21.2 Å². The zero-order chi connectivity index (χ0) is 16.4. The second-order valence-electron chi connectivity index (χ2n) is 5.63. The summed E-state index contributed by atoms with van der Waals surface area (Å²) in [5.74, 6) is -1.14. The molecular weight excluding hydrogens is 356 g/mol. The van der Waals surface area contributed by atoms with Gasteiger partial charge in [-0.2, -0.15) is 0 Å². The van der Waals surface area contributed by atoms with Gasteiger partial charge in [0.25, 0.3) is 0 Å². The topological polar surface area (TPSA) is 49.4 Å². The van der Waals surface area contributed by atoms with E-state index in [-0.39, 0.29) is 0 Å². The minimum atomic E-state index is -0.619. The van der Waals surface area contributed by atoms with Gasteiger partial charge in [-0.15, -0.1) is 0 Å². The van der Waals surface area contributed by atoms with Gasteiger partial charge in [0.2, 0.25) is 0 Å². The van der Waals surface area contributed by atoms with E-state index in [0.29, 0.717) is 12.2 Å². The highest BCUT2D eigenvalue weighted by molar-refractivity contribution is 9.10. The van der Waals surface area contributed by atoms with E-state index in [1.807, 2.05) is 43.3 Å². The highest BCUT2D eigenvalue weighted by Gasteiger charge is 2.27. The quantitative estimate of drug-likeness (QED) is 0.776. The number of hydrogen-bond acceptors (Lipinski definition) is 2. The molecule has 0 saturated carbocycles. The third-order valence-electron chi connectivity index (χ3n) is 3.92. The van der Waals surface area contributed by atoms with Gasteiger partial charge in [-0.25, -0.2) is 0 Å². The molecule has 1 N–H and O–H groups in total. The van der Waals surface area contributed by atoms with Crippen molar-refractivity contribution in [1.29, 1.82) is 0 Å². The number of nitrogens with zero attached hydrogens (tertiary/aromatic N) is 1. The smallest absolute Gasteiger partial charge is 0.316 e. The summed E-state index contributed by atoms with van der Waals surface area (Å²) < 4.78 is 0.762. The van der Waals surface area contributed by atoms with Gasteiger partial charge in [0.15, 0.2) is 0 Å². The maximum absolute atomic E-state index is 12.5. The number of halogens is 1. The number of rotatable bonds is 1. The first-order chi connectivity index (χ1) is 11.1. The minimum absolute atomic E-state index is 0.523. The molecule has 0 bridgehead atoms. The van der Waals surface area contributed by atoms with Crippen molar-refractivity contribution in [3.8, 4) is 0 Å². The van der Waals surface area contributed by atoms with Crippen molar-refractivity contribution in [3.05, 3.63) is 58.1 Å². The predicted octanol–water partition coefficient (Wildman–Crippen LogP) is 3.68. The molecule has 0 atom stereocenters. The van der Waals surface area contributed by atoms with E-state index in [0.717, 1.165) is 34.1 Å². The Labute approximate surface area is 143 Å². The van der Waals surface area contributed by atoms with Crippen LogP contribution < -0.4 is 10.2 Å². The van der Waals surface area contributed by atoms with Crippen molar-refractivity contribution in [2.24, 2.45) is 0 Å². The van der Waals surface area contributed by atoms with Crippen LogP contribution in [0.5, 0.6) is 0 Å². The van der Waals surface area contributed by atoms with Crippen LogP contribution in [-0.2, 0) is 16.0 Å². The summed E-state index contributed by atoms with van der Waals surface area (Å²) in [6, 6.07) is 13.3. The first-order valence-corrected chi connectivity index (χ1v) is 8.32. The fourth-order valence-electron chi connectivity index (χ4n) is 2.76. The van der Waals surface area contributed by atoms with E-state index in [1.54, 1.807) is 11.0 Å².